The summed E-state index contributed by atoms with van der Waals surface area (Å²) >= 11 is 0. The van der Waals surface area contributed by atoms with Crippen LogP contribution in [0.4, 0.5) is 0 Å². The van der Waals surface area contributed by atoms with Crippen LogP contribution in [0.15, 0.2) is 42.5 Å². The van der Waals surface area contributed by atoms with Crippen LogP contribution in [0, 0.1) is 0 Å². The zero-order valence-corrected chi connectivity index (χ0v) is 17.1. The van der Waals surface area contributed by atoms with Crippen molar-refractivity contribution in [1.82, 2.24) is 5.32 Å². The van der Waals surface area contributed by atoms with Gasteiger partial charge in [-0.2, -0.15) is 0 Å². The van der Waals surface area contributed by atoms with Gasteiger partial charge in [-0.05, 0) is 35.6 Å². The molecule has 29 heavy (non-hydrogen) atoms. The summed E-state index contributed by atoms with van der Waals surface area (Å²) in [5.74, 6) is -0.372. The first-order chi connectivity index (χ1) is 14.0. The second-order valence-corrected chi connectivity index (χ2v) is 7.65. The van der Waals surface area contributed by atoms with Crippen molar-refractivity contribution < 1.29 is 19.1 Å². The molecule has 3 rings (SSSR count). The molecule has 3 atom stereocenters. The number of amides is 1. The lowest BCUT2D eigenvalue weighted by Crippen LogP contribution is -2.43. The third-order valence-electron chi connectivity index (χ3n) is 5.37. The number of ether oxygens (including phenoxy) is 1. The summed E-state index contributed by atoms with van der Waals surface area (Å²) in [6, 6.07) is 13.7. The Kier molecular flexibility index (Phi) is 7.15. The Labute approximate surface area is 171 Å². The number of aryl methyl sites for hydroxylation is 1. The molecule has 5 nitrogen and oxygen atoms in total. The van der Waals surface area contributed by atoms with Crippen molar-refractivity contribution in [2.75, 3.05) is 0 Å². The highest BCUT2D eigenvalue weighted by atomic mass is 16.6. The van der Waals surface area contributed by atoms with Crippen LogP contribution in [0.1, 0.15) is 51.5 Å². The van der Waals surface area contributed by atoms with E-state index in [1.807, 2.05) is 38.1 Å². The van der Waals surface area contributed by atoms with E-state index in [1.165, 1.54) is 0 Å². The van der Waals surface area contributed by atoms with Crippen molar-refractivity contribution in [3.05, 3.63) is 48.0 Å². The van der Waals surface area contributed by atoms with Gasteiger partial charge >= 0.3 is 0 Å². The molecule has 0 bridgehead atoms. The number of carbonyl (C=O) groups is 3. The van der Waals surface area contributed by atoms with Gasteiger partial charge in [0.15, 0.2) is 23.8 Å². The zero-order chi connectivity index (χ0) is 20.8. The third-order valence-corrected chi connectivity index (χ3v) is 5.37. The van der Waals surface area contributed by atoms with Crippen LogP contribution >= 0.6 is 0 Å². The molecule has 154 valence electrons. The fourth-order valence-corrected chi connectivity index (χ4v) is 3.74. The Morgan fingerprint density at radius 2 is 1.72 bits per heavy atom. The number of ketones is 2. The van der Waals surface area contributed by atoms with Crippen LogP contribution in [0.2, 0.25) is 0 Å². The molecule has 0 aliphatic carbocycles. The molecule has 0 aromatic heterocycles. The molecule has 2 aromatic rings. The maximum absolute atomic E-state index is 12.8. The molecule has 1 aliphatic heterocycles. The van der Waals surface area contributed by atoms with Crippen LogP contribution < -0.4 is 5.32 Å². The lowest BCUT2D eigenvalue weighted by atomic mass is 9.96. The summed E-state index contributed by atoms with van der Waals surface area (Å²) in [7, 11) is 0. The van der Waals surface area contributed by atoms with E-state index < -0.39 is 18.2 Å². The zero-order valence-electron chi connectivity index (χ0n) is 17.1. The number of hydrogen-bond acceptors (Lipinski definition) is 4. The smallest absolute Gasteiger partial charge is 0.252 e. The van der Waals surface area contributed by atoms with Crippen LogP contribution in [0.3, 0.4) is 0 Å². The molecular formula is C24H29NO4. The SMILES string of the molecule is CCCC(=O)[C@H]1O[C@@H]1C(=O)N[C@@H](CCC)C(=O)CCc1cccc2ccccc12. The van der Waals surface area contributed by atoms with Crippen LogP contribution in [0.25, 0.3) is 10.8 Å². The predicted molar refractivity (Wildman–Crippen MR) is 113 cm³/mol. The normalized spacial score (nSPS) is 19.0. The molecule has 0 spiro atoms. The third kappa shape index (κ3) is 5.30. The van der Waals surface area contributed by atoms with Crippen molar-refractivity contribution in [2.24, 2.45) is 0 Å². The van der Waals surface area contributed by atoms with Gasteiger partial charge in [-0.3, -0.25) is 14.4 Å². The van der Waals surface area contributed by atoms with E-state index in [0.29, 0.717) is 25.7 Å². The van der Waals surface area contributed by atoms with Crippen LogP contribution in [-0.4, -0.2) is 35.7 Å². The number of nitrogens with one attached hydrogen (secondary N) is 1. The van der Waals surface area contributed by atoms with Gasteiger partial charge in [0.25, 0.3) is 5.91 Å². The molecule has 1 N–H and O–H groups in total. The average molecular weight is 395 g/mol. The first-order valence-corrected chi connectivity index (χ1v) is 10.5. The van der Waals surface area contributed by atoms with Gasteiger partial charge in [0, 0.05) is 12.8 Å². The number of benzene rings is 2. The molecule has 1 fully saturated rings. The Hall–Kier alpha value is -2.53. The lowest BCUT2D eigenvalue weighted by Gasteiger charge is -2.17. The van der Waals surface area contributed by atoms with E-state index in [0.717, 1.165) is 29.2 Å². The number of Topliss-reactive ketones (excluding diaryl/α,β-unsaturated/α-hetero) is 2. The highest BCUT2D eigenvalue weighted by Crippen LogP contribution is 2.25. The van der Waals surface area contributed by atoms with Gasteiger partial charge in [-0.15, -0.1) is 0 Å². The molecule has 5 heteroatoms. The summed E-state index contributed by atoms with van der Waals surface area (Å²) in [6.07, 6.45) is 2.14. The van der Waals surface area contributed by atoms with E-state index in [1.54, 1.807) is 0 Å². The van der Waals surface area contributed by atoms with Crippen LogP contribution in [0.5, 0.6) is 0 Å². The molecule has 0 radical (unpaired) electrons. The minimum atomic E-state index is -0.737. The lowest BCUT2D eigenvalue weighted by molar-refractivity contribution is -0.128. The van der Waals surface area contributed by atoms with Gasteiger partial charge in [0.1, 0.15) is 0 Å². The van der Waals surface area contributed by atoms with Crippen molar-refractivity contribution in [3.8, 4) is 0 Å². The number of epoxide rings is 1. The van der Waals surface area contributed by atoms with Crippen molar-refractivity contribution in [1.29, 1.82) is 0 Å². The van der Waals surface area contributed by atoms with Gasteiger partial charge < -0.3 is 10.1 Å². The van der Waals surface area contributed by atoms with E-state index in [-0.39, 0.29) is 17.5 Å². The highest BCUT2D eigenvalue weighted by molar-refractivity contribution is 5.98. The summed E-state index contributed by atoms with van der Waals surface area (Å²) < 4.78 is 5.26. The summed E-state index contributed by atoms with van der Waals surface area (Å²) in [6.45, 7) is 3.90. The molecule has 1 heterocycles. The topological polar surface area (TPSA) is 75.8 Å². The van der Waals surface area contributed by atoms with Crippen LogP contribution in [-0.2, 0) is 25.5 Å². The molecule has 1 aliphatic rings. The first-order valence-electron chi connectivity index (χ1n) is 10.5. The van der Waals surface area contributed by atoms with E-state index in [2.05, 4.69) is 23.5 Å². The van der Waals surface area contributed by atoms with Gasteiger partial charge in [0.2, 0.25) is 0 Å². The average Bonchev–Trinajstić information content (AvgIpc) is 3.53. The second kappa shape index (κ2) is 9.79. The largest absolute Gasteiger partial charge is 0.351 e. The second-order valence-electron chi connectivity index (χ2n) is 7.65. The van der Waals surface area contributed by atoms with E-state index >= 15 is 0 Å². The maximum Gasteiger partial charge on any atom is 0.252 e. The molecule has 0 unspecified atom stereocenters. The number of hydrogen-bond donors (Lipinski definition) is 1. The van der Waals surface area contributed by atoms with Gasteiger partial charge in [-0.25, -0.2) is 0 Å². The Morgan fingerprint density at radius 1 is 0.966 bits per heavy atom. The fraction of sp³-hybridized carbons (Fsp3) is 0.458. The van der Waals surface area contributed by atoms with Crippen molar-refractivity contribution in [2.45, 2.75) is 70.6 Å². The first kappa shape index (κ1) is 21.2. The number of rotatable bonds is 11. The Morgan fingerprint density at radius 3 is 2.48 bits per heavy atom. The minimum absolute atomic E-state index is 0.0187. The Bertz CT molecular complexity index is 886. The monoisotopic (exact) mass is 395 g/mol. The van der Waals surface area contributed by atoms with Crippen molar-refractivity contribution in [3.63, 3.8) is 0 Å². The molecule has 2 aromatic carbocycles. The summed E-state index contributed by atoms with van der Waals surface area (Å²) in [5.41, 5.74) is 1.13. The standard InChI is InChI=1S/C24H29NO4/c1-3-8-19(25-24(28)23-22(29-23)21(27)9-4-2)20(26)15-14-17-12-7-11-16-10-5-6-13-18(16)17/h5-7,10-13,19,22-23H,3-4,8-9,14-15H2,1-2H3,(H,25,28)/t19-,22+,23-/m0/s1. The van der Waals surface area contributed by atoms with E-state index in [9.17, 15) is 14.4 Å². The van der Waals surface area contributed by atoms with Gasteiger partial charge in [0.05, 0.1) is 6.04 Å². The minimum Gasteiger partial charge on any atom is -0.351 e. The van der Waals surface area contributed by atoms with E-state index in [4.69, 9.17) is 4.74 Å². The highest BCUT2D eigenvalue weighted by Gasteiger charge is 2.49. The number of fused-ring (bicyclic) bond motifs is 1. The molecule has 1 amide bonds. The summed E-state index contributed by atoms with van der Waals surface area (Å²) in [5, 5.41) is 5.13. The quantitative estimate of drug-likeness (QED) is 0.588. The van der Waals surface area contributed by atoms with Crippen molar-refractivity contribution >= 4 is 28.2 Å². The molecule has 0 saturated carbocycles. The Balaban J connectivity index is 1.58. The molecule has 1 saturated heterocycles. The predicted octanol–water partition coefficient (Wildman–Crippen LogP) is 3.76. The molecular weight excluding hydrogens is 366 g/mol. The maximum atomic E-state index is 12.8. The number of carbonyl (C=O) groups excluding carboxylic acids is 3. The summed E-state index contributed by atoms with van der Waals surface area (Å²) in [4.78, 5) is 37.1. The fourth-order valence-electron chi connectivity index (χ4n) is 3.74. The van der Waals surface area contributed by atoms with Gasteiger partial charge in [-0.1, -0.05) is 62.7 Å².